The number of amides is 2. The molecule has 0 aromatic heterocycles. The van der Waals surface area contributed by atoms with Gasteiger partial charge in [0, 0.05) is 29.5 Å². The lowest BCUT2D eigenvalue weighted by Crippen LogP contribution is -2.29. The van der Waals surface area contributed by atoms with E-state index in [2.05, 4.69) is 10.6 Å². The van der Waals surface area contributed by atoms with E-state index >= 15 is 0 Å². The molecule has 2 aromatic carbocycles. The Bertz CT molecular complexity index is 888. The SMILES string of the molecule is COc1cc2c(cc1NC(=O)C(C)(C)C)C(COCc1ccccc1)CC(=O)N2. The molecule has 0 saturated heterocycles. The smallest absolute Gasteiger partial charge is 0.229 e. The Morgan fingerprint density at radius 3 is 2.59 bits per heavy atom. The quantitative estimate of drug-likeness (QED) is 0.762. The standard InChI is InChI=1S/C23H28N2O4/c1-23(2,3)22(27)25-19-11-17-16(14-29-13-15-8-6-5-7-9-15)10-21(26)24-18(17)12-20(19)28-4/h5-9,11-12,16H,10,13-14H2,1-4H3,(H,24,26)(H,25,27). The number of nitrogens with one attached hydrogen (secondary N) is 2. The zero-order valence-electron chi connectivity index (χ0n) is 17.4. The maximum absolute atomic E-state index is 12.5. The number of hydrogen-bond donors (Lipinski definition) is 2. The molecule has 3 rings (SSSR count). The molecular weight excluding hydrogens is 368 g/mol. The summed E-state index contributed by atoms with van der Waals surface area (Å²) in [6, 6.07) is 13.6. The van der Waals surface area contributed by atoms with Gasteiger partial charge in [0.25, 0.3) is 0 Å². The van der Waals surface area contributed by atoms with Crippen LogP contribution in [0, 0.1) is 5.41 Å². The Balaban J connectivity index is 1.82. The fourth-order valence-electron chi connectivity index (χ4n) is 3.20. The molecular formula is C23H28N2O4. The third kappa shape index (κ3) is 5.15. The van der Waals surface area contributed by atoms with Gasteiger partial charge in [0.05, 0.1) is 26.0 Å². The monoisotopic (exact) mass is 396 g/mol. The molecule has 0 saturated carbocycles. The van der Waals surface area contributed by atoms with Crippen LogP contribution in [-0.4, -0.2) is 25.5 Å². The maximum atomic E-state index is 12.5. The molecule has 6 nitrogen and oxygen atoms in total. The van der Waals surface area contributed by atoms with Gasteiger partial charge in [-0.2, -0.15) is 0 Å². The zero-order chi connectivity index (χ0) is 21.0. The van der Waals surface area contributed by atoms with Crippen LogP contribution in [0.15, 0.2) is 42.5 Å². The molecule has 29 heavy (non-hydrogen) atoms. The normalized spacial score (nSPS) is 16.0. The van der Waals surface area contributed by atoms with Crippen LogP contribution in [0.5, 0.6) is 5.75 Å². The minimum absolute atomic E-state index is 0.0562. The maximum Gasteiger partial charge on any atom is 0.229 e. The Kier molecular flexibility index (Phi) is 6.23. The number of methoxy groups -OCH3 is 1. The summed E-state index contributed by atoms with van der Waals surface area (Å²) >= 11 is 0. The van der Waals surface area contributed by atoms with Crippen LogP contribution < -0.4 is 15.4 Å². The Morgan fingerprint density at radius 1 is 1.21 bits per heavy atom. The van der Waals surface area contributed by atoms with Crippen molar-refractivity contribution in [1.82, 2.24) is 0 Å². The van der Waals surface area contributed by atoms with Crippen molar-refractivity contribution < 1.29 is 19.1 Å². The first-order valence-electron chi connectivity index (χ1n) is 9.73. The molecule has 154 valence electrons. The van der Waals surface area contributed by atoms with Crippen molar-refractivity contribution in [2.24, 2.45) is 5.41 Å². The van der Waals surface area contributed by atoms with Gasteiger partial charge in [-0.1, -0.05) is 51.1 Å². The van der Waals surface area contributed by atoms with Crippen LogP contribution in [0.4, 0.5) is 11.4 Å². The molecule has 2 amide bonds. The highest BCUT2D eigenvalue weighted by atomic mass is 16.5. The summed E-state index contributed by atoms with van der Waals surface area (Å²) in [5, 5.41) is 5.84. The third-order valence-electron chi connectivity index (χ3n) is 4.88. The van der Waals surface area contributed by atoms with Crippen molar-refractivity contribution >= 4 is 23.2 Å². The number of carbonyl (C=O) groups excluding carboxylic acids is 2. The second-order valence-electron chi connectivity index (χ2n) is 8.29. The largest absolute Gasteiger partial charge is 0.494 e. The van der Waals surface area contributed by atoms with E-state index in [1.807, 2.05) is 57.2 Å². The van der Waals surface area contributed by atoms with E-state index < -0.39 is 5.41 Å². The van der Waals surface area contributed by atoms with Gasteiger partial charge in [-0.15, -0.1) is 0 Å². The fraction of sp³-hybridized carbons (Fsp3) is 0.391. The van der Waals surface area contributed by atoms with E-state index in [-0.39, 0.29) is 17.7 Å². The van der Waals surface area contributed by atoms with Crippen molar-refractivity contribution in [2.75, 3.05) is 24.4 Å². The fourth-order valence-corrected chi connectivity index (χ4v) is 3.20. The molecule has 2 aromatic rings. The number of benzene rings is 2. The minimum Gasteiger partial charge on any atom is -0.494 e. The van der Waals surface area contributed by atoms with Crippen LogP contribution in [0.25, 0.3) is 0 Å². The first-order chi connectivity index (χ1) is 13.8. The second-order valence-corrected chi connectivity index (χ2v) is 8.29. The van der Waals surface area contributed by atoms with Gasteiger partial charge in [-0.3, -0.25) is 9.59 Å². The lowest BCUT2D eigenvalue weighted by molar-refractivity contribution is -0.123. The first kappa shape index (κ1) is 20.9. The van der Waals surface area contributed by atoms with Crippen molar-refractivity contribution in [2.45, 2.75) is 39.7 Å². The number of hydrogen-bond acceptors (Lipinski definition) is 4. The van der Waals surface area contributed by atoms with Crippen LogP contribution in [0.3, 0.4) is 0 Å². The van der Waals surface area contributed by atoms with Gasteiger partial charge in [0.1, 0.15) is 5.75 Å². The average molecular weight is 396 g/mol. The molecule has 0 aliphatic carbocycles. The molecule has 0 spiro atoms. The second kappa shape index (κ2) is 8.66. The molecule has 1 atom stereocenters. The summed E-state index contributed by atoms with van der Waals surface area (Å²) in [4.78, 5) is 24.7. The van der Waals surface area contributed by atoms with Crippen LogP contribution in [0.2, 0.25) is 0 Å². The first-order valence-corrected chi connectivity index (χ1v) is 9.73. The van der Waals surface area contributed by atoms with Gasteiger partial charge >= 0.3 is 0 Å². The van der Waals surface area contributed by atoms with Crippen molar-refractivity contribution in [3.63, 3.8) is 0 Å². The Labute approximate surface area is 171 Å². The molecule has 0 fully saturated rings. The highest BCUT2D eigenvalue weighted by molar-refractivity contribution is 5.99. The zero-order valence-corrected chi connectivity index (χ0v) is 17.4. The Hall–Kier alpha value is -2.86. The third-order valence-corrected chi connectivity index (χ3v) is 4.88. The van der Waals surface area contributed by atoms with Crippen molar-refractivity contribution in [1.29, 1.82) is 0 Å². The van der Waals surface area contributed by atoms with Gasteiger partial charge < -0.3 is 20.1 Å². The van der Waals surface area contributed by atoms with Crippen LogP contribution >= 0.6 is 0 Å². The van der Waals surface area contributed by atoms with Gasteiger partial charge in [0.15, 0.2) is 0 Å². The van der Waals surface area contributed by atoms with E-state index in [0.29, 0.717) is 36.8 Å². The highest BCUT2D eigenvalue weighted by Gasteiger charge is 2.29. The van der Waals surface area contributed by atoms with Gasteiger partial charge in [0.2, 0.25) is 11.8 Å². The summed E-state index contributed by atoms with van der Waals surface area (Å²) in [6.07, 6.45) is 0.334. The summed E-state index contributed by atoms with van der Waals surface area (Å²) in [7, 11) is 1.54. The molecule has 1 unspecified atom stereocenters. The summed E-state index contributed by atoms with van der Waals surface area (Å²) in [5.74, 6) is 0.248. The van der Waals surface area contributed by atoms with Crippen molar-refractivity contribution in [3.8, 4) is 5.75 Å². The predicted molar refractivity (Wildman–Crippen MR) is 113 cm³/mol. The Morgan fingerprint density at radius 2 is 1.93 bits per heavy atom. The van der Waals surface area contributed by atoms with Gasteiger partial charge in [-0.25, -0.2) is 0 Å². The molecule has 1 aliphatic rings. The minimum atomic E-state index is -0.534. The van der Waals surface area contributed by atoms with Crippen LogP contribution in [-0.2, 0) is 20.9 Å². The topological polar surface area (TPSA) is 76.7 Å². The molecule has 6 heteroatoms. The molecule has 1 heterocycles. The molecule has 0 bridgehead atoms. The summed E-state index contributed by atoms with van der Waals surface area (Å²) < 4.78 is 11.3. The van der Waals surface area contributed by atoms with E-state index in [1.54, 1.807) is 13.2 Å². The number of rotatable bonds is 6. The van der Waals surface area contributed by atoms with E-state index in [9.17, 15) is 9.59 Å². The number of anilines is 2. The van der Waals surface area contributed by atoms with Gasteiger partial charge in [-0.05, 0) is 17.2 Å². The van der Waals surface area contributed by atoms with E-state index in [1.165, 1.54) is 0 Å². The lowest BCUT2D eigenvalue weighted by Gasteiger charge is -2.28. The molecule has 1 aliphatic heterocycles. The molecule has 0 radical (unpaired) electrons. The number of fused-ring (bicyclic) bond motifs is 1. The van der Waals surface area contributed by atoms with E-state index in [0.717, 1.165) is 11.1 Å². The predicted octanol–water partition coefficient (Wildman–Crippen LogP) is 4.32. The summed E-state index contributed by atoms with van der Waals surface area (Å²) in [6.45, 7) is 6.46. The van der Waals surface area contributed by atoms with E-state index in [4.69, 9.17) is 9.47 Å². The lowest BCUT2D eigenvalue weighted by atomic mass is 9.90. The van der Waals surface area contributed by atoms with Crippen molar-refractivity contribution in [3.05, 3.63) is 53.6 Å². The molecule has 2 N–H and O–H groups in total. The highest BCUT2D eigenvalue weighted by Crippen LogP contribution is 2.40. The number of ether oxygens (including phenoxy) is 2. The summed E-state index contributed by atoms with van der Waals surface area (Å²) in [5.41, 5.74) is 2.77. The number of carbonyl (C=O) groups is 2. The average Bonchev–Trinajstić information content (AvgIpc) is 2.67. The van der Waals surface area contributed by atoms with Crippen LogP contribution in [0.1, 0.15) is 44.2 Å².